The molecule has 1 fully saturated rings. The Balaban J connectivity index is 1.78. The molecule has 2 amide bonds. The van der Waals surface area contributed by atoms with Gasteiger partial charge in [-0.3, -0.25) is 14.7 Å². The van der Waals surface area contributed by atoms with Crippen molar-refractivity contribution in [3.8, 4) is 5.75 Å². The monoisotopic (exact) mass is 411 g/mol. The molecule has 3 rings (SSSR count). The number of nitrogens with one attached hydrogen (secondary N) is 1. The molecule has 2 heterocycles. The first-order valence-electron chi connectivity index (χ1n) is 10.4. The fourth-order valence-corrected chi connectivity index (χ4v) is 3.58. The Morgan fingerprint density at radius 2 is 2.13 bits per heavy atom. The summed E-state index contributed by atoms with van der Waals surface area (Å²) in [6, 6.07) is 12.1. The van der Waals surface area contributed by atoms with Crippen LogP contribution in [0.3, 0.4) is 0 Å². The summed E-state index contributed by atoms with van der Waals surface area (Å²) in [4.78, 5) is 31.6. The van der Waals surface area contributed by atoms with E-state index < -0.39 is 18.2 Å². The van der Waals surface area contributed by atoms with Crippen molar-refractivity contribution >= 4 is 12.0 Å². The largest absolute Gasteiger partial charge is 0.497 e. The van der Waals surface area contributed by atoms with Crippen LogP contribution in [0.15, 0.2) is 48.7 Å². The standard InChI is InChI=1S/C23H29N3O4/c1-3-4-15-30-23(28)26-14-8-12-20(26)22(27)25-21(19-11-5-6-13-24-19)17-9-7-10-18(16-17)29-2/h5-7,9-11,13,16,20-21H,3-4,8,12,14-15H2,1-2H3,(H,25,27). The van der Waals surface area contributed by atoms with E-state index in [0.717, 1.165) is 24.8 Å². The van der Waals surface area contributed by atoms with E-state index in [2.05, 4.69) is 10.3 Å². The molecule has 2 aromatic rings. The van der Waals surface area contributed by atoms with Gasteiger partial charge in [0.1, 0.15) is 11.8 Å². The molecule has 0 radical (unpaired) electrons. The molecule has 7 heteroatoms. The highest BCUT2D eigenvalue weighted by Crippen LogP contribution is 2.26. The second-order valence-electron chi connectivity index (χ2n) is 7.29. The molecule has 1 saturated heterocycles. The Bertz CT molecular complexity index is 843. The number of carbonyl (C=O) groups is 2. The lowest BCUT2D eigenvalue weighted by atomic mass is 10.0. The van der Waals surface area contributed by atoms with Crippen molar-refractivity contribution < 1.29 is 19.1 Å². The molecule has 1 aliphatic rings. The van der Waals surface area contributed by atoms with Crippen LogP contribution in [0.4, 0.5) is 4.79 Å². The van der Waals surface area contributed by atoms with Crippen LogP contribution in [0.1, 0.15) is 49.9 Å². The Labute approximate surface area is 177 Å². The van der Waals surface area contributed by atoms with Crippen molar-refractivity contribution in [1.29, 1.82) is 0 Å². The van der Waals surface area contributed by atoms with Gasteiger partial charge < -0.3 is 14.8 Å². The first-order valence-corrected chi connectivity index (χ1v) is 10.4. The maximum Gasteiger partial charge on any atom is 0.410 e. The topological polar surface area (TPSA) is 80.8 Å². The van der Waals surface area contributed by atoms with Gasteiger partial charge in [-0.15, -0.1) is 0 Å². The van der Waals surface area contributed by atoms with Gasteiger partial charge >= 0.3 is 6.09 Å². The number of hydrogen-bond donors (Lipinski definition) is 1. The van der Waals surface area contributed by atoms with E-state index in [-0.39, 0.29) is 5.91 Å². The van der Waals surface area contributed by atoms with Crippen molar-refractivity contribution in [2.75, 3.05) is 20.3 Å². The number of ether oxygens (including phenoxy) is 2. The van der Waals surface area contributed by atoms with Gasteiger partial charge in [-0.25, -0.2) is 4.79 Å². The third-order valence-corrected chi connectivity index (χ3v) is 5.21. The number of methoxy groups -OCH3 is 1. The molecule has 1 aliphatic heterocycles. The van der Waals surface area contributed by atoms with Crippen molar-refractivity contribution in [2.45, 2.75) is 44.7 Å². The van der Waals surface area contributed by atoms with Crippen LogP contribution in [-0.4, -0.2) is 48.2 Å². The van der Waals surface area contributed by atoms with Crippen LogP contribution in [0, 0.1) is 0 Å². The second kappa shape index (κ2) is 10.6. The lowest BCUT2D eigenvalue weighted by molar-refractivity contribution is -0.125. The Hall–Kier alpha value is -3.09. The van der Waals surface area contributed by atoms with Crippen LogP contribution in [0.2, 0.25) is 0 Å². The van der Waals surface area contributed by atoms with E-state index in [1.807, 2.05) is 49.4 Å². The van der Waals surface area contributed by atoms with E-state index in [9.17, 15) is 9.59 Å². The fourth-order valence-electron chi connectivity index (χ4n) is 3.58. The fraction of sp³-hybridized carbons (Fsp3) is 0.435. The SMILES string of the molecule is CCCCOC(=O)N1CCCC1C(=O)NC(c1cccc(OC)c1)c1ccccn1. The number of amides is 2. The molecule has 0 saturated carbocycles. The molecule has 30 heavy (non-hydrogen) atoms. The first kappa shape index (κ1) is 21.6. The smallest absolute Gasteiger partial charge is 0.410 e. The number of carbonyl (C=O) groups excluding carboxylic acids is 2. The van der Waals surface area contributed by atoms with E-state index >= 15 is 0 Å². The van der Waals surface area contributed by atoms with Gasteiger partial charge in [-0.2, -0.15) is 0 Å². The number of unbranched alkanes of at least 4 members (excludes halogenated alkanes) is 1. The highest BCUT2D eigenvalue weighted by molar-refractivity contribution is 5.86. The van der Waals surface area contributed by atoms with Crippen molar-refractivity contribution in [3.63, 3.8) is 0 Å². The second-order valence-corrected chi connectivity index (χ2v) is 7.29. The number of rotatable bonds is 8. The summed E-state index contributed by atoms with van der Waals surface area (Å²) in [5, 5.41) is 3.09. The summed E-state index contributed by atoms with van der Waals surface area (Å²) >= 11 is 0. The zero-order valence-electron chi connectivity index (χ0n) is 17.5. The molecule has 2 unspecified atom stereocenters. The molecule has 7 nitrogen and oxygen atoms in total. The summed E-state index contributed by atoms with van der Waals surface area (Å²) in [6.07, 6.45) is 4.42. The minimum absolute atomic E-state index is 0.210. The number of nitrogens with zero attached hydrogens (tertiary/aromatic N) is 2. The summed E-state index contributed by atoms with van der Waals surface area (Å²) in [7, 11) is 1.61. The lowest BCUT2D eigenvalue weighted by Gasteiger charge is -2.26. The van der Waals surface area contributed by atoms with Crippen LogP contribution in [0.5, 0.6) is 5.75 Å². The molecule has 0 spiro atoms. The molecule has 0 aliphatic carbocycles. The Kier molecular flexibility index (Phi) is 7.65. The highest BCUT2D eigenvalue weighted by atomic mass is 16.6. The normalized spacial score (nSPS) is 16.7. The summed E-state index contributed by atoms with van der Waals surface area (Å²) < 4.78 is 10.7. The quantitative estimate of drug-likeness (QED) is 0.670. The van der Waals surface area contributed by atoms with Gasteiger partial charge in [-0.05, 0) is 49.1 Å². The van der Waals surface area contributed by atoms with E-state index in [0.29, 0.717) is 31.0 Å². The van der Waals surface area contributed by atoms with Gasteiger partial charge in [0.25, 0.3) is 0 Å². The van der Waals surface area contributed by atoms with E-state index in [1.54, 1.807) is 13.3 Å². The average molecular weight is 412 g/mol. The number of hydrogen-bond acceptors (Lipinski definition) is 5. The van der Waals surface area contributed by atoms with Crippen molar-refractivity contribution in [3.05, 3.63) is 59.9 Å². The van der Waals surface area contributed by atoms with Gasteiger partial charge in [0.2, 0.25) is 5.91 Å². The maximum atomic E-state index is 13.2. The number of benzene rings is 1. The van der Waals surface area contributed by atoms with Gasteiger partial charge in [0.05, 0.1) is 25.5 Å². The third kappa shape index (κ3) is 5.28. The van der Waals surface area contributed by atoms with Gasteiger partial charge in [-0.1, -0.05) is 31.5 Å². The summed E-state index contributed by atoms with van der Waals surface area (Å²) in [6.45, 7) is 2.94. The van der Waals surface area contributed by atoms with Crippen LogP contribution < -0.4 is 10.1 Å². The predicted octanol–water partition coefficient (Wildman–Crippen LogP) is 3.70. The minimum Gasteiger partial charge on any atom is -0.497 e. The molecule has 1 aromatic heterocycles. The molecule has 1 aromatic carbocycles. The van der Waals surface area contributed by atoms with E-state index in [1.165, 1.54) is 4.90 Å². The van der Waals surface area contributed by atoms with Gasteiger partial charge in [0, 0.05) is 12.7 Å². The molecule has 1 N–H and O–H groups in total. The number of pyridine rings is 1. The van der Waals surface area contributed by atoms with Crippen molar-refractivity contribution in [2.24, 2.45) is 0 Å². The van der Waals surface area contributed by atoms with Crippen LogP contribution in [-0.2, 0) is 9.53 Å². The summed E-state index contributed by atoms with van der Waals surface area (Å²) in [5.41, 5.74) is 1.57. The molecule has 0 bridgehead atoms. The van der Waals surface area contributed by atoms with Gasteiger partial charge in [0.15, 0.2) is 0 Å². The lowest BCUT2D eigenvalue weighted by Crippen LogP contribution is -2.47. The predicted molar refractivity (Wildman–Crippen MR) is 113 cm³/mol. The number of aromatic nitrogens is 1. The average Bonchev–Trinajstić information content (AvgIpc) is 3.28. The Morgan fingerprint density at radius 3 is 2.87 bits per heavy atom. The third-order valence-electron chi connectivity index (χ3n) is 5.21. The maximum absolute atomic E-state index is 13.2. The highest BCUT2D eigenvalue weighted by Gasteiger charge is 2.36. The minimum atomic E-state index is -0.545. The first-order chi connectivity index (χ1) is 14.6. The molecule has 2 atom stereocenters. The zero-order chi connectivity index (χ0) is 21.3. The van der Waals surface area contributed by atoms with E-state index in [4.69, 9.17) is 9.47 Å². The van der Waals surface area contributed by atoms with Crippen molar-refractivity contribution in [1.82, 2.24) is 15.2 Å². The van der Waals surface area contributed by atoms with Crippen LogP contribution >= 0.6 is 0 Å². The molecular formula is C23H29N3O4. The van der Waals surface area contributed by atoms with Crippen LogP contribution in [0.25, 0.3) is 0 Å². The molecular weight excluding hydrogens is 382 g/mol. The molecule has 160 valence electrons. The Morgan fingerprint density at radius 1 is 1.27 bits per heavy atom. The number of likely N-dealkylation sites (tertiary alicyclic amines) is 1. The zero-order valence-corrected chi connectivity index (χ0v) is 17.5. The summed E-state index contributed by atoms with van der Waals surface area (Å²) in [5.74, 6) is 0.489.